The summed E-state index contributed by atoms with van der Waals surface area (Å²) in [6, 6.07) is -2.06. The minimum Gasteiger partial charge on any atom is -0.480 e. The maximum atomic E-state index is 10.2. The summed E-state index contributed by atoms with van der Waals surface area (Å²) in [6.45, 7) is 0. The summed E-state index contributed by atoms with van der Waals surface area (Å²) in [4.78, 5) is 20.3. The highest BCUT2D eigenvalue weighted by Crippen LogP contribution is 1.98. The summed E-state index contributed by atoms with van der Waals surface area (Å²) in [5.41, 5.74) is 10.2. The second-order valence-corrected chi connectivity index (χ2v) is 2.47. The van der Waals surface area contributed by atoms with E-state index in [2.05, 4.69) is 0 Å². The Labute approximate surface area is 93.5 Å². The Hall–Kier alpha value is -0.560. The summed E-state index contributed by atoms with van der Waals surface area (Å²) in [5, 5.41) is 16.6. The molecule has 86 valence electrons. The molecule has 0 amide bonds. The van der Waals surface area contributed by atoms with E-state index in [1.165, 1.54) is 0 Å². The minimum absolute atomic E-state index is 0. The van der Waals surface area contributed by atoms with E-state index in [-0.39, 0.29) is 37.7 Å². The van der Waals surface area contributed by atoms with Crippen molar-refractivity contribution in [1.29, 1.82) is 0 Å². The minimum atomic E-state index is -1.15. The monoisotopic (exact) mass is 248 g/mol. The fourth-order valence-electron chi connectivity index (χ4n) is 0.606. The van der Waals surface area contributed by atoms with Crippen molar-refractivity contribution < 1.29 is 19.8 Å². The van der Waals surface area contributed by atoms with Crippen LogP contribution in [0.25, 0.3) is 0 Å². The van der Waals surface area contributed by atoms with Gasteiger partial charge in [0.05, 0.1) is 0 Å². The molecular formula is C6H14Cl2N2O4. The van der Waals surface area contributed by atoms with Gasteiger partial charge in [0.15, 0.2) is 0 Å². The second-order valence-electron chi connectivity index (χ2n) is 2.47. The number of aliphatic carboxylic acids is 2. The van der Waals surface area contributed by atoms with Gasteiger partial charge in [0.25, 0.3) is 0 Å². The van der Waals surface area contributed by atoms with Crippen LogP contribution in [0, 0.1) is 0 Å². The summed E-state index contributed by atoms with van der Waals surface area (Å²) >= 11 is 0. The number of rotatable bonds is 5. The van der Waals surface area contributed by atoms with Gasteiger partial charge in [-0.1, -0.05) is 0 Å². The van der Waals surface area contributed by atoms with Crippen molar-refractivity contribution in [3.05, 3.63) is 0 Å². The van der Waals surface area contributed by atoms with Gasteiger partial charge in [-0.05, 0) is 12.8 Å². The molecule has 0 radical (unpaired) electrons. The van der Waals surface area contributed by atoms with Crippen LogP contribution in [0.5, 0.6) is 0 Å². The highest BCUT2D eigenvalue weighted by Gasteiger charge is 2.16. The Balaban J connectivity index is -0.000000605. The molecule has 8 heteroatoms. The third kappa shape index (κ3) is 8.06. The molecule has 0 saturated carbocycles. The molecule has 0 aliphatic carbocycles. The molecule has 0 aliphatic rings. The highest BCUT2D eigenvalue weighted by molar-refractivity contribution is 5.85. The van der Waals surface area contributed by atoms with Gasteiger partial charge in [-0.2, -0.15) is 0 Å². The Kier molecular flexibility index (Phi) is 12.3. The van der Waals surface area contributed by atoms with Gasteiger partial charge < -0.3 is 21.7 Å². The molecule has 0 aliphatic heterocycles. The number of hydrogen-bond acceptors (Lipinski definition) is 4. The first kappa shape index (κ1) is 19.1. The maximum Gasteiger partial charge on any atom is 0.320 e. The molecule has 14 heavy (non-hydrogen) atoms. The molecule has 0 aromatic rings. The molecule has 6 nitrogen and oxygen atoms in total. The molecule has 0 aromatic heterocycles. The smallest absolute Gasteiger partial charge is 0.320 e. The van der Waals surface area contributed by atoms with Crippen molar-refractivity contribution >= 4 is 36.8 Å². The molecule has 0 aromatic carbocycles. The Morgan fingerprint density at radius 1 is 0.929 bits per heavy atom. The second kappa shape index (κ2) is 9.01. The van der Waals surface area contributed by atoms with Gasteiger partial charge in [-0.15, -0.1) is 24.8 Å². The predicted octanol–water partition coefficient (Wildman–Crippen LogP) is -0.566. The van der Waals surface area contributed by atoms with E-state index in [1.807, 2.05) is 0 Å². The summed E-state index contributed by atoms with van der Waals surface area (Å²) in [6.07, 6.45) is 0.144. The molecule has 0 heterocycles. The van der Waals surface area contributed by atoms with E-state index in [1.54, 1.807) is 0 Å². The van der Waals surface area contributed by atoms with E-state index < -0.39 is 24.0 Å². The van der Waals surface area contributed by atoms with Crippen LogP contribution in [0.2, 0.25) is 0 Å². The lowest BCUT2D eigenvalue weighted by Crippen LogP contribution is -2.35. The fourth-order valence-corrected chi connectivity index (χ4v) is 0.606. The van der Waals surface area contributed by atoms with Crippen molar-refractivity contribution in [2.24, 2.45) is 11.5 Å². The average Bonchev–Trinajstić information content (AvgIpc) is 1.98. The summed E-state index contributed by atoms with van der Waals surface area (Å²) < 4.78 is 0. The molecule has 0 spiro atoms. The van der Waals surface area contributed by atoms with E-state index in [9.17, 15) is 9.59 Å². The zero-order valence-corrected chi connectivity index (χ0v) is 8.88. The third-order valence-electron chi connectivity index (χ3n) is 1.42. The lowest BCUT2D eigenvalue weighted by atomic mass is 10.1. The molecule has 2 atom stereocenters. The number of hydrogen-bond donors (Lipinski definition) is 4. The van der Waals surface area contributed by atoms with E-state index >= 15 is 0 Å². The number of carboxylic acids is 2. The quantitative estimate of drug-likeness (QED) is 0.517. The topological polar surface area (TPSA) is 127 Å². The van der Waals surface area contributed by atoms with Gasteiger partial charge in [0.2, 0.25) is 0 Å². The standard InChI is InChI=1S/C6H12N2O4.2ClH/c7-3(5(9)10)1-2-4(8)6(11)12;;/h3-4H,1-2,7-8H2,(H,9,10)(H,11,12);2*1H/t3-,4+;;. The molecular weight excluding hydrogens is 235 g/mol. The zero-order chi connectivity index (χ0) is 9.72. The van der Waals surface area contributed by atoms with Crippen LogP contribution in [0.1, 0.15) is 12.8 Å². The zero-order valence-electron chi connectivity index (χ0n) is 7.25. The molecule has 0 rings (SSSR count). The largest absolute Gasteiger partial charge is 0.480 e. The Morgan fingerprint density at radius 2 is 1.14 bits per heavy atom. The highest BCUT2D eigenvalue weighted by atomic mass is 35.5. The van der Waals surface area contributed by atoms with Crippen LogP contribution in [-0.2, 0) is 9.59 Å². The van der Waals surface area contributed by atoms with Gasteiger partial charge in [-0.3, -0.25) is 9.59 Å². The first-order valence-electron chi connectivity index (χ1n) is 3.42. The molecule has 0 unspecified atom stereocenters. The number of carbonyl (C=O) groups is 2. The van der Waals surface area contributed by atoms with Crippen LogP contribution >= 0.6 is 24.8 Å². The molecule has 6 N–H and O–H groups in total. The van der Waals surface area contributed by atoms with Crippen molar-refractivity contribution in [1.82, 2.24) is 0 Å². The normalized spacial score (nSPS) is 13.0. The molecule has 0 saturated heterocycles. The number of nitrogens with two attached hydrogens (primary N) is 2. The summed E-state index contributed by atoms with van der Waals surface area (Å²) in [5.74, 6) is -2.29. The number of carboxylic acid groups (broad SMARTS) is 2. The first-order valence-corrected chi connectivity index (χ1v) is 3.42. The van der Waals surface area contributed by atoms with Gasteiger partial charge in [-0.25, -0.2) is 0 Å². The van der Waals surface area contributed by atoms with E-state index in [0.29, 0.717) is 0 Å². The Morgan fingerprint density at radius 3 is 1.29 bits per heavy atom. The van der Waals surface area contributed by atoms with E-state index in [4.69, 9.17) is 21.7 Å². The van der Waals surface area contributed by atoms with Crippen molar-refractivity contribution in [3.63, 3.8) is 0 Å². The van der Waals surface area contributed by atoms with E-state index in [0.717, 1.165) is 0 Å². The lowest BCUT2D eigenvalue weighted by Gasteiger charge is -2.08. The average molecular weight is 249 g/mol. The third-order valence-corrected chi connectivity index (χ3v) is 1.42. The van der Waals surface area contributed by atoms with Gasteiger partial charge in [0, 0.05) is 0 Å². The van der Waals surface area contributed by atoms with Crippen LogP contribution in [0.15, 0.2) is 0 Å². The number of halogens is 2. The Bertz CT molecular complexity index is 171. The molecule has 0 bridgehead atoms. The van der Waals surface area contributed by atoms with Crippen molar-refractivity contribution in [2.45, 2.75) is 24.9 Å². The molecule has 0 fully saturated rings. The van der Waals surface area contributed by atoms with Crippen molar-refractivity contribution in [2.75, 3.05) is 0 Å². The van der Waals surface area contributed by atoms with Gasteiger partial charge in [0.1, 0.15) is 12.1 Å². The van der Waals surface area contributed by atoms with Gasteiger partial charge >= 0.3 is 11.9 Å². The predicted molar refractivity (Wildman–Crippen MR) is 55.0 cm³/mol. The SMILES string of the molecule is Cl.Cl.N[C@H](CC[C@H](N)C(=O)O)C(=O)O. The van der Waals surface area contributed by atoms with Crippen molar-refractivity contribution in [3.8, 4) is 0 Å². The maximum absolute atomic E-state index is 10.2. The van der Waals surface area contributed by atoms with Crippen LogP contribution in [0.4, 0.5) is 0 Å². The fraction of sp³-hybridized carbons (Fsp3) is 0.667. The summed E-state index contributed by atoms with van der Waals surface area (Å²) in [7, 11) is 0. The van der Waals surface area contributed by atoms with Crippen LogP contribution < -0.4 is 11.5 Å². The van der Waals surface area contributed by atoms with Crippen LogP contribution in [-0.4, -0.2) is 34.2 Å². The first-order chi connectivity index (χ1) is 5.45. The van der Waals surface area contributed by atoms with Crippen LogP contribution in [0.3, 0.4) is 0 Å². The lowest BCUT2D eigenvalue weighted by molar-refractivity contribution is -0.141.